The molecule has 0 aliphatic carbocycles. The largest absolute Gasteiger partial charge is 0.481 e. The van der Waals surface area contributed by atoms with Crippen molar-refractivity contribution in [1.29, 1.82) is 0 Å². The molecule has 0 spiro atoms. The van der Waals surface area contributed by atoms with Crippen molar-refractivity contribution in [3.05, 3.63) is 38.9 Å². The van der Waals surface area contributed by atoms with Crippen molar-refractivity contribution in [2.75, 3.05) is 13.1 Å². The second-order valence-electron chi connectivity index (χ2n) is 5.54. The van der Waals surface area contributed by atoms with Crippen molar-refractivity contribution in [1.82, 2.24) is 10.6 Å². The number of hydrogen-bond acceptors (Lipinski definition) is 5. The van der Waals surface area contributed by atoms with E-state index < -0.39 is 40.4 Å². The lowest BCUT2D eigenvalue weighted by molar-refractivity contribution is -0.385. The molecule has 0 radical (unpaired) electrons. The van der Waals surface area contributed by atoms with Gasteiger partial charge in [-0.25, -0.2) is 0 Å². The number of nitro groups is 1. The SMILES string of the molecule is CC(C)(CNC(=O)CNC(=O)c1c(Cl)cccc1[N+](=O)[O-])C(=O)O. The first kappa shape index (κ1) is 19.4. The number of carboxylic acids is 1. The molecule has 0 unspecified atom stereocenters. The molecule has 0 aliphatic heterocycles. The second kappa shape index (κ2) is 7.73. The fraction of sp³-hybridized carbons (Fsp3) is 0.357. The molecule has 3 N–H and O–H groups in total. The lowest BCUT2D eigenvalue weighted by atomic mass is 9.94. The fourth-order valence-electron chi connectivity index (χ4n) is 1.60. The number of carbonyl (C=O) groups excluding carboxylic acids is 2. The quantitative estimate of drug-likeness (QED) is 0.495. The maximum atomic E-state index is 12.0. The van der Waals surface area contributed by atoms with Gasteiger partial charge >= 0.3 is 5.97 Å². The molecule has 0 saturated carbocycles. The van der Waals surface area contributed by atoms with E-state index in [0.29, 0.717) is 0 Å². The van der Waals surface area contributed by atoms with Gasteiger partial charge in [-0.15, -0.1) is 0 Å². The minimum Gasteiger partial charge on any atom is -0.481 e. The number of benzene rings is 1. The monoisotopic (exact) mass is 357 g/mol. The number of nitrogens with one attached hydrogen (secondary N) is 2. The van der Waals surface area contributed by atoms with Gasteiger partial charge in [-0.1, -0.05) is 17.7 Å². The van der Waals surface area contributed by atoms with Gasteiger partial charge < -0.3 is 15.7 Å². The molecule has 9 nitrogen and oxygen atoms in total. The van der Waals surface area contributed by atoms with Gasteiger partial charge in [0.05, 0.1) is 21.9 Å². The van der Waals surface area contributed by atoms with Gasteiger partial charge in [0.2, 0.25) is 5.91 Å². The van der Waals surface area contributed by atoms with E-state index in [-0.39, 0.29) is 17.1 Å². The minimum atomic E-state index is -1.17. The molecule has 1 aromatic carbocycles. The lowest BCUT2D eigenvalue weighted by Crippen LogP contribution is -2.43. The first-order valence-electron chi connectivity index (χ1n) is 6.77. The first-order valence-corrected chi connectivity index (χ1v) is 7.15. The van der Waals surface area contributed by atoms with E-state index >= 15 is 0 Å². The van der Waals surface area contributed by atoms with Crippen LogP contribution < -0.4 is 10.6 Å². The van der Waals surface area contributed by atoms with E-state index in [0.717, 1.165) is 6.07 Å². The maximum absolute atomic E-state index is 12.0. The van der Waals surface area contributed by atoms with Crippen LogP contribution in [0.15, 0.2) is 18.2 Å². The number of amides is 2. The van der Waals surface area contributed by atoms with Crippen LogP contribution in [0.2, 0.25) is 5.02 Å². The Morgan fingerprint density at radius 3 is 2.46 bits per heavy atom. The van der Waals surface area contributed by atoms with Crippen LogP contribution in [0, 0.1) is 15.5 Å². The van der Waals surface area contributed by atoms with Gasteiger partial charge in [-0.2, -0.15) is 0 Å². The highest BCUT2D eigenvalue weighted by atomic mass is 35.5. The molecule has 0 aromatic heterocycles. The average Bonchev–Trinajstić information content (AvgIpc) is 2.50. The Morgan fingerprint density at radius 1 is 1.29 bits per heavy atom. The van der Waals surface area contributed by atoms with Crippen LogP contribution in [-0.2, 0) is 9.59 Å². The van der Waals surface area contributed by atoms with Crippen molar-refractivity contribution in [2.45, 2.75) is 13.8 Å². The van der Waals surface area contributed by atoms with E-state index in [1.807, 2.05) is 0 Å². The van der Waals surface area contributed by atoms with Crippen molar-refractivity contribution in [2.24, 2.45) is 5.41 Å². The third kappa shape index (κ3) is 4.92. The molecule has 2 amide bonds. The highest BCUT2D eigenvalue weighted by Gasteiger charge is 2.28. The summed E-state index contributed by atoms with van der Waals surface area (Å²) in [6, 6.07) is 3.77. The van der Waals surface area contributed by atoms with Crippen LogP contribution in [-0.4, -0.2) is 40.9 Å². The number of rotatable bonds is 7. The van der Waals surface area contributed by atoms with Crippen molar-refractivity contribution in [3.63, 3.8) is 0 Å². The maximum Gasteiger partial charge on any atom is 0.310 e. The molecule has 0 aliphatic rings. The summed E-state index contributed by atoms with van der Waals surface area (Å²) >= 11 is 5.81. The average molecular weight is 358 g/mol. The Balaban J connectivity index is 2.69. The highest BCUT2D eigenvalue weighted by molar-refractivity contribution is 6.34. The van der Waals surface area contributed by atoms with Gasteiger partial charge in [-0.05, 0) is 19.9 Å². The molecule has 130 valence electrons. The van der Waals surface area contributed by atoms with Crippen LogP contribution in [0.3, 0.4) is 0 Å². The molecule has 0 atom stereocenters. The fourth-order valence-corrected chi connectivity index (χ4v) is 1.85. The van der Waals surface area contributed by atoms with Crippen LogP contribution in [0.25, 0.3) is 0 Å². The van der Waals surface area contributed by atoms with Gasteiger partial charge in [-0.3, -0.25) is 24.5 Å². The van der Waals surface area contributed by atoms with E-state index in [1.165, 1.54) is 26.0 Å². The van der Waals surface area contributed by atoms with Gasteiger partial charge in [0.1, 0.15) is 5.56 Å². The second-order valence-corrected chi connectivity index (χ2v) is 5.95. The molecular weight excluding hydrogens is 342 g/mol. The van der Waals surface area contributed by atoms with E-state index in [1.54, 1.807) is 0 Å². The third-order valence-corrected chi connectivity index (χ3v) is 3.45. The summed E-state index contributed by atoms with van der Waals surface area (Å²) in [7, 11) is 0. The number of carboxylic acid groups (broad SMARTS) is 1. The van der Waals surface area contributed by atoms with Crippen molar-refractivity contribution >= 4 is 35.1 Å². The summed E-state index contributed by atoms with van der Waals surface area (Å²) in [4.78, 5) is 44.8. The molecule has 10 heteroatoms. The number of halogens is 1. The zero-order valence-electron chi connectivity index (χ0n) is 13.0. The Bertz CT molecular complexity index is 689. The van der Waals surface area contributed by atoms with E-state index in [9.17, 15) is 24.5 Å². The number of carbonyl (C=O) groups is 3. The van der Waals surface area contributed by atoms with Crippen molar-refractivity contribution in [3.8, 4) is 0 Å². The predicted octanol–water partition coefficient (Wildman–Crippen LogP) is 1.20. The Kier molecular flexibility index (Phi) is 6.24. The normalized spacial score (nSPS) is 10.8. The summed E-state index contributed by atoms with van der Waals surface area (Å²) in [6.07, 6.45) is 0. The first-order chi connectivity index (χ1) is 11.1. The predicted molar refractivity (Wildman–Crippen MR) is 84.9 cm³/mol. The van der Waals surface area contributed by atoms with Gasteiger partial charge in [0.15, 0.2) is 0 Å². The molecule has 0 heterocycles. The van der Waals surface area contributed by atoms with Crippen LogP contribution in [0.1, 0.15) is 24.2 Å². The summed E-state index contributed by atoms with van der Waals surface area (Å²) in [5.41, 5.74) is -1.99. The number of aliphatic carboxylic acids is 1. The van der Waals surface area contributed by atoms with Gasteiger partial charge in [0, 0.05) is 12.6 Å². The molecule has 1 aromatic rings. The topological polar surface area (TPSA) is 139 Å². The zero-order valence-corrected chi connectivity index (χ0v) is 13.7. The summed E-state index contributed by atoms with van der Waals surface area (Å²) in [5, 5.41) is 24.3. The zero-order chi connectivity index (χ0) is 18.5. The standard InChI is InChI=1S/C14H16ClN3O6/c1-14(2,13(21)22)7-17-10(19)6-16-12(20)11-8(15)4-3-5-9(11)18(23)24/h3-5H,6-7H2,1-2H3,(H,16,20)(H,17,19)(H,21,22). The molecular formula is C14H16ClN3O6. The molecule has 0 fully saturated rings. The minimum absolute atomic E-state index is 0.117. The number of nitrogens with zero attached hydrogens (tertiary/aromatic N) is 1. The van der Waals surface area contributed by atoms with E-state index in [4.69, 9.17) is 16.7 Å². The smallest absolute Gasteiger partial charge is 0.310 e. The van der Waals surface area contributed by atoms with Gasteiger partial charge in [0.25, 0.3) is 11.6 Å². The van der Waals surface area contributed by atoms with Crippen LogP contribution in [0.5, 0.6) is 0 Å². The number of nitro benzene ring substituents is 1. The highest BCUT2D eigenvalue weighted by Crippen LogP contribution is 2.25. The summed E-state index contributed by atoms with van der Waals surface area (Å²) in [6.45, 7) is 2.25. The number of hydrogen-bond donors (Lipinski definition) is 3. The molecule has 1 rings (SSSR count). The molecule has 0 saturated heterocycles. The van der Waals surface area contributed by atoms with E-state index in [2.05, 4.69) is 10.6 Å². The molecule has 24 heavy (non-hydrogen) atoms. The summed E-state index contributed by atoms with van der Waals surface area (Å²) < 4.78 is 0. The van der Waals surface area contributed by atoms with Crippen LogP contribution in [0.4, 0.5) is 5.69 Å². The van der Waals surface area contributed by atoms with Crippen molar-refractivity contribution < 1.29 is 24.4 Å². The molecule has 0 bridgehead atoms. The Labute approximate surface area is 142 Å². The Hall–Kier alpha value is -2.68. The lowest BCUT2D eigenvalue weighted by Gasteiger charge is -2.19. The Morgan fingerprint density at radius 2 is 1.92 bits per heavy atom. The van der Waals surface area contributed by atoms with Crippen LogP contribution >= 0.6 is 11.6 Å². The third-order valence-electron chi connectivity index (χ3n) is 3.13. The summed E-state index contributed by atoms with van der Waals surface area (Å²) in [5.74, 6) is -2.59.